The average molecular weight is 465 g/mol. The number of thioether (sulfide) groups is 1. The second-order valence-corrected chi connectivity index (χ2v) is 9.66. The van der Waals surface area contributed by atoms with Crippen molar-refractivity contribution in [2.45, 2.75) is 44.1 Å². The van der Waals surface area contributed by atoms with E-state index in [-0.39, 0.29) is 22.5 Å². The van der Waals surface area contributed by atoms with Gasteiger partial charge in [0.05, 0.1) is 5.56 Å². The van der Waals surface area contributed by atoms with Crippen molar-refractivity contribution in [3.63, 3.8) is 0 Å². The standard InChI is InChI=1S/C27H28O5S/c1-18(2)13-25(33-17-19-9-5-3-6-10-19)26-21(28)14-22(32-27(26)29)24-16-30-15-23(31-24)20-11-7-4-8-12-20/h3-7,9-11,14-16,18,25,28H,8,12-13,17H2,1-2H3. The van der Waals surface area contributed by atoms with Crippen LogP contribution in [0.4, 0.5) is 0 Å². The van der Waals surface area contributed by atoms with Crippen LogP contribution in [0, 0.1) is 5.92 Å². The molecule has 1 aliphatic carbocycles. The first kappa shape index (κ1) is 23.1. The second kappa shape index (κ2) is 10.7. The molecule has 172 valence electrons. The molecule has 0 saturated heterocycles. The van der Waals surface area contributed by atoms with Crippen molar-refractivity contribution in [2.75, 3.05) is 0 Å². The number of hydrogen-bond acceptors (Lipinski definition) is 6. The van der Waals surface area contributed by atoms with Crippen LogP contribution >= 0.6 is 11.8 Å². The third-order valence-corrected chi connectivity index (χ3v) is 6.74. The molecule has 6 heteroatoms. The van der Waals surface area contributed by atoms with Gasteiger partial charge in [0.25, 0.3) is 0 Å². The van der Waals surface area contributed by atoms with Gasteiger partial charge in [-0.3, -0.25) is 0 Å². The molecular formula is C27H28O5S. The van der Waals surface area contributed by atoms with Gasteiger partial charge >= 0.3 is 5.63 Å². The number of ether oxygens (including phenoxy) is 2. The van der Waals surface area contributed by atoms with Crippen LogP contribution in [-0.4, -0.2) is 5.11 Å². The van der Waals surface area contributed by atoms with Crippen LogP contribution in [0.1, 0.15) is 55.2 Å². The van der Waals surface area contributed by atoms with E-state index in [4.69, 9.17) is 13.9 Å². The van der Waals surface area contributed by atoms with Gasteiger partial charge in [-0.2, -0.15) is 0 Å². The smallest absolute Gasteiger partial charge is 0.344 e. The lowest BCUT2D eigenvalue weighted by molar-refractivity contribution is 0.273. The Balaban J connectivity index is 1.56. The Hall–Kier alpha value is -3.12. The van der Waals surface area contributed by atoms with Gasteiger partial charge in [0, 0.05) is 17.1 Å². The molecule has 2 heterocycles. The summed E-state index contributed by atoms with van der Waals surface area (Å²) in [6.07, 6.45) is 11.4. The van der Waals surface area contributed by atoms with E-state index in [1.165, 1.54) is 24.2 Å². The van der Waals surface area contributed by atoms with Gasteiger partial charge in [-0.15, -0.1) is 11.8 Å². The quantitative estimate of drug-likeness (QED) is 0.462. The topological polar surface area (TPSA) is 68.9 Å². The van der Waals surface area contributed by atoms with Gasteiger partial charge in [-0.1, -0.05) is 62.4 Å². The summed E-state index contributed by atoms with van der Waals surface area (Å²) in [4.78, 5) is 13.0. The van der Waals surface area contributed by atoms with Crippen molar-refractivity contribution in [3.05, 3.63) is 106 Å². The van der Waals surface area contributed by atoms with Gasteiger partial charge in [0.1, 0.15) is 18.3 Å². The molecule has 0 saturated carbocycles. The summed E-state index contributed by atoms with van der Waals surface area (Å²) in [5, 5.41) is 10.7. The first-order valence-corrected chi connectivity index (χ1v) is 12.2. The van der Waals surface area contributed by atoms with Crippen molar-refractivity contribution in [2.24, 2.45) is 5.92 Å². The van der Waals surface area contributed by atoms with Gasteiger partial charge in [0.15, 0.2) is 11.5 Å². The number of hydrogen-bond donors (Lipinski definition) is 1. The third-order valence-electron chi connectivity index (χ3n) is 5.41. The Bertz CT molecular complexity index is 1150. The third kappa shape index (κ3) is 5.82. The Labute approximate surface area is 198 Å². The van der Waals surface area contributed by atoms with E-state index in [1.807, 2.05) is 30.4 Å². The Kier molecular flexibility index (Phi) is 7.45. The Morgan fingerprint density at radius 2 is 1.91 bits per heavy atom. The maximum absolute atomic E-state index is 13.0. The minimum Gasteiger partial charge on any atom is -0.507 e. The molecule has 2 aromatic rings. The van der Waals surface area contributed by atoms with Crippen LogP contribution in [0.25, 0.3) is 5.76 Å². The Morgan fingerprint density at radius 3 is 2.61 bits per heavy atom. The fourth-order valence-electron chi connectivity index (χ4n) is 3.76. The van der Waals surface area contributed by atoms with E-state index in [1.54, 1.807) is 11.8 Å². The molecule has 5 nitrogen and oxygen atoms in total. The van der Waals surface area contributed by atoms with Crippen LogP contribution in [0.15, 0.2) is 87.7 Å². The van der Waals surface area contributed by atoms with Crippen molar-refractivity contribution in [1.29, 1.82) is 0 Å². The summed E-state index contributed by atoms with van der Waals surface area (Å²) in [6, 6.07) is 11.5. The molecule has 1 aliphatic heterocycles. The fourth-order valence-corrected chi connectivity index (χ4v) is 5.25. The van der Waals surface area contributed by atoms with E-state index in [0.29, 0.717) is 17.2 Å². The molecule has 1 unspecified atom stereocenters. The molecule has 4 rings (SSSR count). The van der Waals surface area contributed by atoms with E-state index in [2.05, 4.69) is 32.1 Å². The summed E-state index contributed by atoms with van der Waals surface area (Å²) < 4.78 is 17.0. The molecule has 1 aromatic carbocycles. The molecule has 1 N–H and O–H groups in total. The molecule has 0 spiro atoms. The molecule has 33 heavy (non-hydrogen) atoms. The number of rotatable bonds is 8. The highest BCUT2D eigenvalue weighted by atomic mass is 32.2. The minimum atomic E-state index is -0.559. The summed E-state index contributed by atoms with van der Waals surface area (Å²) in [6.45, 7) is 4.20. The van der Waals surface area contributed by atoms with Gasteiger partial charge in [-0.25, -0.2) is 4.79 Å². The highest BCUT2D eigenvalue weighted by Crippen LogP contribution is 2.40. The lowest BCUT2D eigenvalue weighted by Crippen LogP contribution is -2.14. The molecule has 0 amide bonds. The van der Waals surface area contributed by atoms with Crippen molar-refractivity contribution in [1.82, 2.24) is 0 Å². The summed E-state index contributed by atoms with van der Waals surface area (Å²) >= 11 is 1.63. The summed E-state index contributed by atoms with van der Waals surface area (Å²) in [7, 11) is 0. The second-order valence-electron chi connectivity index (χ2n) is 8.47. The maximum Gasteiger partial charge on any atom is 0.344 e. The fraction of sp³-hybridized carbons (Fsp3) is 0.296. The van der Waals surface area contributed by atoms with Crippen LogP contribution in [-0.2, 0) is 15.2 Å². The minimum absolute atomic E-state index is 0.0899. The SMILES string of the molecule is CC(C)CC(SCc1ccccc1)c1c(O)cc(C2=COC=C(C3=CC=CCC3)O2)oc1=O. The van der Waals surface area contributed by atoms with Gasteiger partial charge < -0.3 is 19.0 Å². The van der Waals surface area contributed by atoms with E-state index < -0.39 is 5.63 Å². The van der Waals surface area contributed by atoms with Crippen LogP contribution in [0.5, 0.6) is 5.75 Å². The lowest BCUT2D eigenvalue weighted by atomic mass is 10.0. The summed E-state index contributed by atoms with van der Waals surface area (Å²) in [5.74, 6) is 1.94. The lowest BCUT2D eigenvalue weighted by Gasteiger charge is -2.21. The molecule has 1 atom stereocenters. The average Bonchev–Trinajstić information content (AvgIpc) is 2.83. The molecule has 1 aromatic heterocycles. The predicted molar refractivity (Wildman–Crippen MR) is 131 cm³/mol. The van der Waals surface area contributed by atoms with Crippen molar-refractivity contribution in [3.8, 4) is 5.75 Å². The number of aromatic hydroxyl groups is 1. The van der Waals surface area contributed by atoms with E-state index in [9.17, 15) is 9.90 Å². The highest BCUT2D eigenvalue weighted by Gasteiger charge is 2.26. The first-order valence-electron chi connectivity index (χ1n) is 11.1. The monoisotopic (exact) mass is 464 g/mol. The Morgan fingerprint density at radius 1 is 1.12 bits per heavy atom. The molecule has 0 radical (unpaired) electrons. The first-order chi connectivity index (χ1) is 16.0. The van der Waals surface area contributed by atoms with E-state index in [0.717, 1.165) is 30.6 Å². The normalized spacial score (nSPS) is 16.4. The zero-order valence-electron chi connectivity index (χ0n) is 18.8. The predicted octanol–water partition coefficient (Wildman–Crippen LogP) is 6.83. The zero-order valence-corrected chi connectivity index (χ0v) is 19.6. The van der Waals surface area contributed by atoms with Gasteiger partial charge in [0.2, 0.25) is 5.76 Å². The zero-order chi connectivity index (χ0) is 23.2. The highest BCUT2D eigenvalue weighted by molar-refractivity contribution is 7.98. The van der Waals surface area contributed by atoms with Crippen molar-refractivity contribution >= 4 is 17.5 Å². The van der Waals surface area contributed by atoms with Gasteiger partial charge in [-0.05, 0) is 36.3 Å². The number of benzene rings is 1. The maximum atomic E-state index is 13.0. The summed E-state index contributed by atoms with van der Waals surface area (Å²) in [5.41, 5.74) is 1.90. The van der Waals surface area contributed by atoms with Crippen molar-refractivity contribution < 1.29 is 19.0 Å². The van der Waals surface area contributed by atoms with Crippen LogP contribution < -0.4 is 5.63 Å². The number of allylic oxidation sites excluding steroid dienone is 4. The molecular weight excluding hydrogens is 436 g/mol. The largest absolute Gasteiger partial charge is 0.507 e. The van der Waals surface area contributed by atoms with Crippen LogP contribution in [0.2, 0.25) is 0 Å². The van der Waals surface area contributed by atoms with Crippen LogP contribution in [0.3, 0.4) is 0 Å². The van der Waals surface area contributed by atoms with E-state index >= 15 is 0 Å². The molecule has 0 fully saturated rings. The molecule has 2 aliphatic rings. The molecule has 0 bridgehead atoms.